The van der Waals surface area contributed by atoms with Crippen molar-refractivity contribution in [2.24, 2.45) is 5.92 Å². The van der Waals surface area contributed by atoms with Gasteiger partial charge in [-0.05, 0) is 43.4 Å². The van der Waals surface area contributed by atoms with Gasteiger partial charge in [0.05, 0.1) is 17.6 Å². The summed E-state index contributed by atoms with van der Waals surface area (Å²) in [6, 6.07) is 9.90. The first-order chi connectivity index (χ1) is 15.8. The van der Waals surface area contributed by atoms with Crippen LogP contribution in [0.2, 0.25) is 0 Å². The van der Waals surface area contributed by atoms with E-state index in [1.807, 2.05) is 20.9 Å². The van der Waals surface area contributed by atoms with Crippen molar-refractivity contribution >= 4 is 34.5 Å². The van der Waals surface area contributed by atoms with Crippen molar-refractivity contribution in [2.45, 2.75) is 13.8 Å². The molecule has 9 heteroatoms. The Balaban J connectivity index is 1.38. The van der Waals surface area contributed by atoms with Crippen molar-refractivity contribution < 1.29 is 19.1 Å². The summed E-state index contributed by atoms with van der Waals surface area (Å²) in [6.07, 6.45) is 1.15. The molecule has 2 N–H and O–H groups in total. The van der Waals surface area contributed by atoms with Gasteiger partial charge >= 0.3 is 6.09 Å². The molecule has 0 spiro atoms. The lowest BCUT2D eigenvalue weighted by atomic mass is 10.1. The number of nitrogens with zero attached hydrogens (tertiary/aromatic N) is 3. The number of ether oxygens (including phenoxy) is 1. The third-order valence-corrected chi connectivity index (χ3v) is 5.60. The molecule has 9 nitrogen and oxygen atoms in total. The Labute approximate surface area is 191 Å². The SMILES string of the molecule is CC(C)C(=O)c1cc2cc(NC(=O)c3ccc(OC(=O)N4CCN(C)CC4)cc3)cnc2[nH]1. The smallest absolute Gasteiger partial charge is 0.410 e. The average molecular weight is 450 g/mol. The number of likely N-dealkylation sites (N-methyl/N-ethyl adjacent to an activating group) is 1. The summed E-state index contributed by atoms with van der Waals surface area (Å²) in [7, 11) is 2.02. The number of carbonyl (C=O) groups is 3. The van der Waals surface area contributed by atoms with Crippen LogP contribution in [0, 0.1) is 5.92 Å². The molecule has 172 valence electrons. The molecule has 0 bridgehead atoms. The molecule has 3 aromatic rings. The van der Waals surface area contributed by atoms with E-state index < -0.39 is 0 Å². The molecule has 1 fully saturated rings. The topological polar surface area (TPSA) is 108 Å². The fraction of sp³-hybridized carbons (Fsp3) is 0.333. The van der Waals surface area contributed by atoms with Crippen molar-refractivity contribution in [3.63, 3.8) is 0 Å². The number of ketones is 1. The van der Waals surface area contributed by atoms with Gasteiger partial charge in [0, 0.05) is 43.0 Å². The van der Waals surface area contributed by atoms with Crippen LogP contribution in [0.3, 0.4) is 0 Å². The normalized spacial score (nSPS) is 14.5. The Hall–Kier alpha value is -3.72. The van der Waals surface area contributed by atoms with Crippen LogP contribution in [0.1, 0.15) is 34.7 Å². The van der Waals surface area contributed by atoms with Crippen LogP contribution in [-0.2, 0) is 0 Å². The third kappa shape index (κ3) is 5.20. The lowest BCUT2D eigenvalue weighted by molar-refractivity contribution is 0.0934. The molecule has 0 radical (unpaired) electrons. The van der Waals surface area contributed by atoms with Gasteiger partial charge in [0.25, 0.3) is 5.91 Å². The summed E-state index contributed by atoms with van der Waals surface area (Å²) >= 11 is 0. The quantitative estimate of drug-likeness (QED) is 0.578. The second-order valence-electron chi connectivity index (χ2n) is 8.50. The van der Waals surface area contributed by atoms with Crippen molar-refractivity contribution in [3.05, 3.63) is 53.9 Å². The molecule has 1 aliphatic heterocycles. The van der Waals surface area contributed by atoms with Crippen LogP contribution < -0.4 is 10.1 Å². The first-order valence-corrected chi connectivity index (χ1v) is 10.9. The molecule has 1 saturated heterocycles. The van der Waals surface area contributed by atoms with Gasteiger partial charge in [-0.2, -0.15) is 0 Å². The molecule has 0 unspecified atom stereocenters. The van der Waals surface area contributed by atoms with Gasteiger partial charge in [0.2, 0.25) is 0 Å². The van der Waals surface area contributed by atoms with E-state index in [2.05, 4.69) is 20.2 Å². The molecule has 3 heterocycles. The summed E-state index contributed by atoms with van der Waals surface area (Å²) in [5, 5.41) is 3.55. The van der Waals surface area contributed by atoms with E-state index in [0.29, 0.717) is 41.4 Å². The minimum Gasteiger partial charge on any atom is -0.410 e. The predicted molar refractivity (Wildman–Crippen MR) is 125 cm³/mol. The van der Waals surface area contributed by atoms with Gasteiger partial charge in [-0.3, -0.25) is 9.59 Å². The Morgan fingerprint density at radius 3 is 2.42 bits per heavy atom. The van der Waals surface area contributed by atoms with E-state index in [1.165, 1.54) is 6.20 Å². The number of benzene rings is 1. The maximum Gasteiger partial charge on any atom is 0.415 e. The van der Waals surface area contributed by atoms with Crippen LogP contribution in [0.5, 0.6) is 5.75 Å². The van der Waals surface area contributed by atoms with E-state index >= 15 is 0 Å². The molecule has 33 heavy (non-hydrogen) atoms. The van der Waals surface area contributed by atoms with Gasteiger partial charge in [-0.25, -0.2) is 9.78 Å². The van der Waals surface area contributed by atoms with Gasteiger partial charge in [0.15, 0.2) is 5.78 Å². The van der Waals surface area contributed by atoms with Crippen LogP contribution in [0.15, 0.2) is 42.6 Å². The van der Waals surface area contributed by atoms with E-state index in [0.717, 1.165) is 18.5 Å². The fourth-order valence-corrected chi connectivity index (χ4v) is 3.56. The zero-order valence-corrected chi connectivity index (χ0v) is 18.9. The predicted octanol–water partition coefficient (Wildman–Crippen LogP) is 3.40. The van der Waals surface area contributed by atoms with Crippen molar-refractivity contribution in [1.82, 2.24) is 19.8 Å². The third-order valence-electron chi connectivity index (χ3n) is 5.60. The number of nitrogens with one attached hydrogen (secondary N) is 2. The number of pyridine rings is 1. The number of amides is 2. The number of anilines is 1. The molecular formula is C24H27N5O4. The zero-order valence-electron chi connectivity index (χ0n) is 18.9. The number of rotatable bonds is 5. The lowest BCUT2D eigenvalue weighted by Gasteiger charge is -2.31. The van der Waals surface area contributed by atoms with Gasteiger partial charge in [-0.1, -0.05) is 13.8 Å². The standard InChI is InChI=1S/C24H27N5O4/c1-15(2)21(30)20-13-17-12-18(14-25-22(17)27-20)26-23(31)16-4-6-19(7-5-16)33-24(32)29-10-8-28(3)9-11-29/h4-7,12-15H,8-11H2,1-3H3,(H,25,27)(H,26,31). The molecular weight excluding hydrogens is 422 g/mol. The van der Waals surface area contributed by atoms with Crippen molar-refractivity contribution in [1.29, 1.82) is 0 Å². The van der Waals surface area contributed by atoms with Crippen LogP contribution in [0.25, 0.3) is 11.0 Å². The molecule has 2 aromatic heterocycles. The first-order valence-electron chi connectivity index (χ1n) is 10.9. The largest absolute Gasteiger partial charge is 0.415 e. The fourth-order valence-electron chi connectivity index (χ4n) is 3.56. The molecule has 1 aromatic carbocycles. The summed E-state index contributed by atoms with van der Waals surface area (Å²) in [5.41, 5.74) is 2.01. The molecule has 0 aliphatic carbocycles. The summed E-state index contributed by atoms with van der Waals surface area (Å²) in [4.78, 5) is 48.3. The number of fused-ring (bicyclic) bond motifs is 1. The maximum absolute atomic E-state index is 12.6. The Morgan fingerprint density at radius 2 is 1.76 bits per heavy atom. The average Bonchev–Trinajstić information content (AvgIpc) is 3.22. The first kappa shape index (κ1) is 22.5. The number of aromatic amines is 1. The summed E-state index contributed by atoms with van der Waals surface area (Å²) in [5.74, 6) is -0.0524. The van der Waals surface area contributed by atoms with Gasteiger partial charge in [0.1, 0.15) is 11.4 Å². The number of H-pyrrole nitrogens is 1. The molecule has 1 aliphatic rings. The minimum atomic E-state index is -0.388. The Bertz CT molecular complexity index is 1180. The highest BCUT2D eigenvalue weighted by Crippen LogP contribution is 2.21. The van der Waals surface area contributed by atoms with Crippen molar-refractivity contribution in [2.75, 3.05) is 38.5 Å². The Kier molecular flexibility index (Phi) is 6.41. The van der Waals surface area contributed by atoms with E-state index in [-0.39, 0.29) is 23.7 Å². The maximum atomic E-state index is 12.6. The molecule has 4 rings (SSSR count). The molecule has 2 amide bonds. The Morgan fingerprint density at radius 1 is 1.06 bits per heavy atom. The second-order valence-corrected chi connectivity index (χ2v) is 8.50. The van der Waals surface area contributed by atoms with E-state index in [9.17, 15) is 14.4 Å². The monoisotopic (exact) mass is 449 g/mol. The number of carbonyl (C=O) groups excluding carboxylic acids is 3. The molecule has 0 saturated carbocycles. The number of hydrogen-bond acceptors (Lipinski definition) is 6. The number of Topliss-reactive ketones (excluding diaryl/α,β-unsaturated/α-hetero) is 1. The van der Waals surface area contributed by atoms with E-state index in [1.54, 1.807) is 41.3 Å². The second kappa shape index (κ2) is 9.41. The summed E-state index contributed by atoms with van der Waals surface area (Å²) < 4.78 is 5.42. The number of hydrogen-bond donors (Lipinski definition) is 2. The molecule has 0 atom stereocenters. The van der Waals surface area contributed by atoms with Crippen LogP contribution >= 0.6 is 0 Å². The number of aromatic nitrogens is 2. The number of piperazine rings is 1. The van der Waals surface area contributed by atoms with E-state index in [4.69, 9.17) is 4.74 Å². The van der Waals surface area contributed by atoms with Crippen molar-refractivity contribution in [3.8, 4) is 5.75 Å². The minimum absolute atomic E-state index is 0.00648. The van der Waals surface area contributed by atoms with Crippen LogP contribution in [0.4, 0.5) is 10.5 Å². The van der Waals surface area contributed by atoms with Crippen LogP contribution in [-0.4, -0.2) is 70.8 Å². The van der Waals surface area contributed by atoms with Gasteiger partial charge < -0.3 is 24.8 Å². The lowest BCUT2D eigenvalue weighted by Crippen LogP contribution is -2.48. The van der Waals surface area contributed by atoms with Gasteiger partial charge in [-0.15, -0.1) is 0 Å². The highest BCUT2D eigenvalue weighted by Gasteiger charge is 2.21. The zero-order chi connectivity index (χ0) is 23.5. The summed E-state index contributed by atoms with van der Waals surface area (Å²) in [6.45, 7) is 6.56. The highest BCUT2D eigenvalue weighted by atomic mass is 16.6. The highest BCUT2D eigenvalue weighted by molar-refractivity contribution is 6.05.